The van der Waals surface area contributed by atoms with Crippen molar-refractivity contribution in [3.05, 3.63) is 51.6 Å². The summed E-state index contributed by atoms with van der Waals surface area (Å²) in [4.78, 5) is 40.4. The number of rotatable bonds is 6. The van der Waals surface area contributed by atoms with Gasteiger partial charge < -0.3 is 29.5 Å². The van der Waals surface area contributed by atoms with Gasteiger partial charge in [0.2, 0.25) is 0 Å². The zero-order valence-corrected chi connectivity index (χ0v) is 25.1. The molecule has 5 unspecified atom stereocenters. The number of hydrogen-bond donors (Lipinski definition) is 3. The summed E-state index contributed by atoms with van der Waals surface area (Å²) >= 11 is 0. The van der Waals surface area contributed by atoms with E-state index in [0.29, 0.717) is 29.7 Å². The first-order valence-corrected chi connectivity index (χ1v) is 14.5. The molecule has 1 aromatic carbocycles. The van der Waals surface area contributed by atoms with Gasteiger partial charge in [0.05, 0.1) is 11.2 Å². The van der Waals surface area contributed by atoms with E-state index in [1.807, 2.05) is 33.8 Å². The van der Waals surface area contributed by atoms with Crippen LogP contribution in [0.15, 0.2) is 34.9 Å². The molecule has 6 aliphatic rings. The molecule has 4 bridgehead atoms. The summed E-state index contributed by atoms with van der Waals surface area (Å²) in [7, 11) is 0. The molecule has 3 aliphatic carbocycles. The van der Waals surface area contributed by atoms with Crippen LogP contribution in [-0.2, 0) is 27.2 Å². The zero-order chi connectivity index (χ0) is 30.7. The number of carbonyl (C=O) groups is 3. The molecule has 0 radical (unpaired) electrons. The summed E-state index contributed by atoms with van der Waals surface area (Å²) in [6.45, 7) is 12.4. The molecule has 5 atom stereocenters. The first kappa shape index (κ1) is 28.7. The highest BCUT2D eigenvalue weighted by Crippen LogP contribution is 2.68. The summed E-state index contributed by atoms with van der Waals surface area (Å²) in [5.41, 5.74) is -2.92. The maximum absolute atomic E-state index is 14.6. The van der Waals surface area contributed by atoms with Crippen molar-refractivity contribution in [3.8, 4) is 17.2 Å². The first-order chi connectivity index (χ1) is 19.5. The third kappa shape index (κ3) is 3.59. The lowest BCUT2D eigenvalue weighted by Crippen LogP contribution is -2.72. The number of carbonyl (C=O) groups excluding carboxylic acids is 2. The zero-order valence-electron chi connectivity index (χ0n) is 25.1. The third-order valence-corrected chi connectivity index (χ3v) is 9.85. The molecule has 9 nitrogen and oxygen atoms in total. The van der Waals surface area contributed by atoms with Crippen LogP contribution in [0.25, 0.3) is 0 Å². The van der Waals surface area contributed by atoms with Crippen LogP contribution in [-0.4, -0.2) is 61.4 Å². The summed E-state index contributed by atoms with van der Waals surface area (Å²) in [6.07, 6.45) is 5.31. The molecule has 0 aromatic heterocycles. The lowest BCUT2D eigenvalue weighted by Gasteiger charge is -2.56. The van der Waals surface area contributed by atoms with Gasteiger partial charge in [0.1, 0.15) is 28.9 Å². The van der Waals surface area contributed by atoms with Gasteiger partial charge in [-0.25, -0.2) is 4.79 Å². The van der Waals surface area contributed by atoms with Crippen LogP contribution in [0.1, 0.15) is 82.8 Å². The van der Waals surface area contributed by atoms with E-state index in [1.54, 1.807) is 19.9 Å². The Bertz CT molecular complexity index is 1550. The van der Waals surface area contributed by atoms with E-state index < -0.39 is 52.1 Å². The minimum atomic E-state index is -1.64. The number of aliphatic hydroxyl groups is 1. The maximum Gasteiger partial charge on any atom is 0.330 e. The van der Waals surface area contributed by atoms with Gasteiger partial charge in [0.15, 0.2) is 22.8 Å². The monoisotopic (exact) mass is 578 g/mol. The number of ketones is 2. The Labute approximate surface area is 244 Å². The van der Waals surface area contributed by atoms with E-state index in [-0.39, 0.29) is 46.8 Å². The number of phenolic OH excluding ortho intramolecular Hbond substituents is 1. The van der Waals surface area contributed by atoms with Crippen LogP contribution < -0.4 is 9.47 Å². The lowest BCUT2D eigenvalue weighted by atomic mass is 9.51. The van der Waals surface area contributed by atoms with Crippen LogP contribution in [0.2, 0.25) is 0 Å². The highest BCUT2D eigenvalue weighted by atomic mass is 16.6. The first-order valence-electron chi connectivity index (χ1n) is 14.5. The van der Waals surface area contributed by atoms with Crippen LogP contribution >= 0.6 is 0 Å². The Morgan fingerprint density at radius 1 is 1.14 bits per heavy atom. The number of aliphatic carboxylic acids is 1. The normalized spacial score (nSPS) is 32.0. The number of benzene rings is 1. The second kappa shape index (κ2) is 8.80. The number of aromatic hydroxyl groups is 1. The molecule has 7 rings (SSSR count). The third-order valence-electron chi connectivity index (χ3n) is 9.85. The molecule has 1 spiro atoms. The van der Waals surface area contributed by atoms with E-state index in [0.717, 1.165) is 5.57 Å². The summed E-state index contributed by atoms with van der Waals surface area (Å²) in [6, 6.07) is 0. The minimum absolute atomic E-state index is 0.0207. The number of phenols is 1. The number of fused-ring (bicyclic) bond motifs is 2. The Kier molecular flexibility index (Phi) is 6.01. The summed E-state index contributed by atoms with van der Waals surface area (Å²) in [5, 5.41) is 31.9. The maximum atomic E-state index is 14.6. The molecule has 1 saturated carbocycles. The van der Waals surface area contributed by atoms with Crippen LogP contribution in [0.3, 0.4) is 0 Å². The molecule has 1 saturated heterocycles. The highest BCUT2D eigenvalue weighted by molar-refractivity contribution is 6.18. The van der Waals surface area contributed by atoms with E-state index in [9.17, 15) is 29.7 Å². The average molecular weight is 579 g/mol. The Morgan fingerprint density at radius 2 is 1.83 bits per heavy atom. The fraction of sp³-hybridized carbons (Fsp3) is 0.545. The summed E-state index contributed by atoms with van der Waals surface area (Å²) < 4.78 is 19.9. The molecular weight excluding hydrogens is 540 g/mol. The predicted molar refractivity (Wildman–Crippen MR) is 152 cm³/mol. The van der Waals surface area contributed by atoms with Gasteiger partial charge in [-0.3, -0.25) is 9.59 Å². The second-order valence-electron chi connectivity index (χ2n) is 13.7. The smallest absolute Gasteiger partial charge is 0.330 e. The molecule has 42 heavy (non-hydrogen) atoms. The number of ether oxygens (including phenoxy) is 3. The molecule has 0 amide bonds. The molecular formula is C33H38O9. The van der Waals surface area contributed by atoms with Crippen molar-refractivity contribution in [3.63, 3.8) is 0 Å². The Hall–Kier alpha value is -3.43. The van der Waals surface area contributed by atoms with Gasteiger partial charge in [0, 0.05) is 47.0 Å². The number of allylic oxidation sites excluding steroid dienone is 3. The standard InChI is InChI=1S/C33H38O9/c1-15(2)8-9-18-26-19(14-22(40-26)30(4,5)39)24(34)23-25(35)20-12-17-13-21-31(6,7)42-32(28(17)36,11-10-16(3)29(37)38)33(20,21)41-27(18)23/h8,10,12,17,21-22,34,39H,9,11,13-14H2,1-7H3,(H,37,38). The number of carboxylic acids is 1. The predicted octanol–water partition coefficient (Wildman–Crippen LogP) is 4.40. The SMILES string of the molecule is CC(C)=CCc1c2c(c(O)c3c1OC14C(=CC5CC1C(C)(C)OC4(CC=C(C)C(=O)O)C5=O)C3=O)CC(C(C)(C)O)O2. The fourth-order valence-electron chi connectivity index (χ4n) is 7.72. The van der Waals surface area contributed by atoms with Crippen molar-refractivity contribution in [2.75, 3.05) is 0 Å². The van der Waals surface area contributed by atoms with Crippen LogP contribution in [0, 0.1) is 11.8 Å². The van der Waals surface area contributed by atoms with Crippen molar-refractivity contribution in [1.82, 2.24) is 0 Å². The fourth-order valence-corrected chi connectivity index (χ4v) is 7.72. The van der Waals surface area contributed by atoms with E-state index >= 15 is 0 Å². The quantitative estimate of drug-likeness (QED) is 0.331. The molecule has 3 aliphatic heterocycles. The van der Waals surface area contributed by atoms with Crippen molar-refractivity contribution in [1.29, 1.82) is 0 Å². The highest BCUT2D eigenvalue weighted by Gasteiger charge is 2.81. The van der Waals surface area contributed by atoms with Crippen LogP contribution in [0.4, 0.5) is 0 Å². The lowest BCUT2D eigenvalue weighted by molar-refractivity contribution is -0.171. The van der Waals surface area contributed by atoms with E-state index in [2.05, 4.69) is 0 Å². The Balaban J connectivity index is 1.62. The van der Waals surface area contributed by atoms with Crippen molar-refractivity contribution in [2.24, 2.45) is 11.8 Å². The van der Waals surface area contributed by atoms with E-state index in [4.69, 9.17) is 14.2 Å². The topological polar surface area (TPSA) is 140 Å². The molecule has 3 N–H and O–H groups in total. The minimum Gasteiger partial charge on any atom is -0.507 e. The van der Waals surface area contributed by atoms with Gasteiger partial charge in [-0.05, 0) is 61.3 Å². The summed E-state index contributed by atoms with van der Waals surface area (Å²) in [5.74, 6) is -2.54. The molecule has 9 heteroatoms. The second-order valence-corrected chi connectivity index (χ2v) is 13.7. The molecule has 224 valence electrons. The van der Waals surface area contributed by atoms with Gasteiger partial charge >= 0.3 is 5.97 Å². The van der Waals surface area contributed by atoms with Crippen molar-refractivity contribution >= 4 is 17.5 Å². The number of Topliss-reactive ketones (excluding diaryl/α,β-unsaturated/α-hetero) is 2. The van der Waals surface area contributed by atoms with Crippen molar-refractivity contribution < 1.29 is 43.9 Å². The number of carboxylic acid groups (broad SMARTS) is 1. The van der Waals surface area contributed by atoms with Gasteiger partial charge in [0.25, 0.3) is 0 Å². The molecule has 1 aromatic rings. The molecule has 2 fully saturated rings. The van der Waals surface area contributed by atoms with Gasteiger partial charge in [-0.1, -0.05) is 23.8 Å². The van der Waals surface area contributed by atoms with Crippen LogP contribution in [0.5, 0.6) is 17.2 Å². The number of hydrogen-bond acceptors (Lipinski definition) is 8. The average Bonchev–Trinajstić information content (AvgIpc) is 3.40. The molecule has 3 heterocycles. The van der Waals surface area contributed by atoms with Gasteiger partial charge in [-0.2, -0.15) is 0 Å². The largest absolute Gasteiger partial charge is 0.507 e. The van der Waals surface area contributed by atoms with E-state index in [1.165, 1.54) is 13.0 Å². The van der Waals surface area contributed by atoms with Crippen molar-refractivity contribution in [2.45, 2.75) is 103 Å². The Morgan fingerprint density at radius 3 is 2.45 bits per heavy atom. The van der Waals surface area contributed by atoms with Gasteiger partial charge in [-0.15, -0.1) is 0 Å².